The second-order valence-corrected chi connectivity index (χ2v) is 10.9. The SMILES string of the molecule is C[C@@H]1CN(C(=O)c2nn(CC(=O)N3CCC(c4ccc(Cl)c(Cl)c4)CC3)c3c2CCC3)C[C@H](C)O1. The van der Waals surface area contributed by atoms with Gasteiger partial charge < -0.3 is 14.5 Å². The van der Waals surface area contributed by atoms with Crippen LogP contribution in [0.5, 0.6) is 0 Å². The Morgan fingerprint density at radius 3 is 2.43 bits per heavy atom. The lowest BCUT2D eigenvalue weighted by atomic mass is 9.89. The van der Waals surface area contributed by atoms with Crippen molar-refractivity contribution in [2.24, 2.45) is 0 Å². The Balaban J connectivity index is 1.25. The van der Waals surface area contributed by atoms with Crippen LogP contribution in [-0.4, -0.2) is 69.8 Å². The van der Waals surface area contributed by atoms with Gasteiger partial charge in [-0.25, -0.2) is 0 Å². The lowest BCUT2D eigenvalue weighted by Crippen LogP contribution is -2.48. The fraction of sp³-hybridized carbons (Fsp3) is 0.577. The summed E-state index contributed by atoms with van der Waals surface area (Å²) < 4.78 is 7.57. The number of piperidine rings is 1. The van der Waals surface area contributed by atoms with Crippen LogP contribution in [0.4, 0.5) is 0 Å². The largest absolute Gasteiger partial charge is 0.372 e. The van der Waals surface area contributed by atoms with Gasteiger partial charge in [0.05, 0.1) is 22.3 Å². The van der Waals surface area contributed by atoms with Crippen molar-refractivity contribution in [1.82, 2.24) is 19.6 Å². The molecule has 2 aliphatic heterocycles. The van der Waals surface area contributed by atoms with E-state index >= 15 is 0 Å². The van der Waals surface area contributed by atoms with E-state index < -0.39 is 0 Å². The van der Waals surface area contributed by atoms with E-state index in [1.165, 1.54) is 5.56 Å². The van der Waals surface area contributed by atoms with Gasteiger partial charge in [-0.3, -0.25) is 14.3 Å². The molecule has 1 aromatic heterocycles. The van der Waals surface area contributed by atoms with Crippen LogP contribution in [0.2, 0.25) is 10.0 Å². The minimum absolute atomic E-state index is 0.00578. The van der Waals surface area contributed by atoms with Crippen LogP contribution >= 0.6 is 23.2 Å². The molecule has 5 rings (SSSR count). The molecule has 9 heteroatoms. The number of ether oxygens (including phenoxy) is 1. The fourth-order valence-electron chi connectivity index (χ4n) is 5.76. The van der Waals surface area contributed by atoms with Crippen molar-refractivity contribution in [3.8, 4) is 0 Å². The molecule has 3 heterocycles. The molecular formula is C26H32Cl2N4O3. The molecule has 3 aliphatic rings. The third kappa shape index (κ3) is 5.09. The fourth-order valence-corrected chi connectivity index (χ4v) is 6.07. The topological polar surface area (TPSA) is 67.7 Å². The number of halogens is 2. The molecule has 2 atom stereocenters. The van der Waals surface area contributed by atoms with Crippen molar-refractivity contribution >= 4 is 35.0 Å². The first-order valence-electron chi connectivity index (χ1n) is 12.6. The molecule has 0 radical (unpaired) electrons. The maximum Gasteiger partial charge on any atom is 0.274 e. The van der Waals surface area contributed by atoms with Crippen molar-refractivity contribution in [3.63, 3.8) is 0 Å². The summed E-state index contributed by atoms with van der Waals surface area (Å²) in [7, 11) is 0. The molecule has 2 fully saturated rings. The molecule has 7 nitrogen and oxygen atoms in total. The van der Waals surface area contributed by atoms with Gasteiger partial charge in [0.15, 0.2) is 5.69 Å². The van der Waals surface area contributed by atoms with E-state index in [4.69, 9.17) is 27.9 Å². The monoisotopic (exact) mass is 518 g/mol. The highest BCUT2D eigenvalue weighted by Crippen LogP contribution is 2.33. The van der Waals surface area contributed by atoms with E-state index in [-0.39, 0.29) is 30.6 Å². The van der Waals surface area contributed by atoms with Crippen LogP contribution in [0.1, 0.15) is 66.3 Å². The molecule has 0 N–H and O–H groups in total. The van der Waals surface area contributed by atoms with Crippen LogP contribution in [0.25, 0.3) is 0 Å². The highest BCUT2D eigenvalue weighted by Gasteiger charge is 2.33. The van der Waals surface area contributed by atoms with Gasteiger partial charge in [0.1, 0.15) is 6.54 Å². The van der Waals surface area contributed by atoms with Gasteiger partial charge in [-0.15, -0.1) is 0 Å². The number of carbonyl (C=O) groups excluding carboxylic acids is 2. The number of rotatable bonds is 4. The Kier molecular flexibility index (Phi) is 7.11. The van der Waals surface area contributed by atoms with Crippen LogP contribution in [0, 0.1) is 0 Å². The van der Waals surface area contributed by atoms with Crippen molar-refractivity contribution in [2.45, 2.75) is 70.6 Å². The maximum atomic E-state index is 13.3. The maximum absolute atomic E-state index is 13.3. The Bertz CT molecular complexity index is 1120. The molecule has 1 aliphatic carbocycles. The minimum atomic E-state index is -0.0428. The number of amides is 2. The van der Waals surface area contributed by atoms with Gasteiger partial charge in [-0.05, 0) is 69.6 Å². The molecule has 188 valence electrons. The number of aromatic nitrogens is 2. The number of likely N-dealkylation sites (tertiary alicyclic amines) is 1. The van der Waals surface area contributed by atoms with Crippen LogP contribution in [0.15, 0.2) is 18.2 Å². The standard InChI is InChI=1S/C26H32Cl2N4O3/c1-16-13-31(14-17(2)35-16)26(34)25-20-4-3-5-23(20)32(29-25)15-24(33)30-10-8-18(9-11-30)19-6-7-21(27)22(28)12-19/h6-7,12,16-18H,3-5,8-11,13-15H2,1-2H3/t16-,17+. The predicted octanol–water partition coefficient (Wildman–Crippen LogP) is 4.33. The third-order valence-corrected chi connectivity index (χ3v) is 8.20. The van der Waals surface area contributed by atoms with Crippen LogP contribution in [-0.2, 0) is 28.9 Å². The highest BCUT2D eigenvalue weighted by molar-refractivity contribution is 6.42. The average molecular weight is 519 g/mol. The van der Waals surface area contributed by atoms with E-state index in [2.05, 4.69) is 5.10 Å². The van der Waals surface area contributed by atoms with E-state index in [1.54, 1.807) is 4.68 Å². The summed E-state index contributed by atoms with van der Waals surface area (Å²) in [6.45, 7) is 6.69. The molecule has 35 heavy (non-hydrogen) atoms. The Hall–Kier alpha value is -2.09. The quantitative estimate of drug-likeness (QED) is 0.603. The van der Waals surface area contributed by atoms with Crippen LogP contribution < -0.4 is 0 Å². The van der Waals surface area contributed by atoms with Crippen LogP contribution in [0.3, 0.4) is 0 Å². The molecule has 0 spiro atoms. The number of benzene rings is 1. The van der Waals surface area contributed by atoms with Gasteiger partial charge in [-0.1, -0.05) is 29.3 Å². The van der Waals surface area contributed by atoms with Gasteiger partial charge in [0.25, 0.3) is 5.91 Å². The lowest BCUT2D eigenvalue weighted by molar-refractivity contribution is -0.133. The smallest absolute Gasteiger partial charge is 0.274 e. The molecule has 2 saturated heterocycles. The number of nitrogens with zero attached hydrogens (tertiary/aromatic N) is 4. The summed E-state index contributed by atoms with van der Waals surface area (Å²) in [5.74, 6) is 0.381. The third-order valence-electron chi connectivity index (χ3n) is 7.46. The number of carbonyl (C=O) groups is 2. The summed E-state index contributed by atoms with van der Waals surface area (Å²) in [5.41, 5.74) is 3.76. The van der Waals surface area contributed by atoms with Gasteiger partial charge in [0.2, 0.25) is 5.91 Å². The summed E-state index contributed by atoms with van der Waals surface area (Å²) in [6, 6.07) is 5.80. The second kappa shape index (κ2) is 10.1. The summed E-state index contributed by atoms with van der Waals surface area (Å²) in [5, 5.41) is 5.81. The minimum Gasteiger partial charge on any atom is -0.372 e. The first kappa shape index (κ1) is 24.6. The molecule has 2 aromatic rings. The zero-order valence-electron chi connectivity index (χ0n) is 20.3. The predicted molar refractivity (Wildman–Crippen MR) is 135 cm³/mol. The van der Waals surface area contributed by atoms with E-state index in [9.17, 15) is 9.59 Å². The zero-order chi connectivity index (χ0) is 24.7. The highest BCUT2D eigenvalue weighted by atomic mass is 35.5. The van der Waals surface area contributed by atoms with E-state index in [1.807, 2.05) is 41.8 Å². The van der Waals surface area contributed by atoms with Gasteiger partial charge in [0, 0.05) is 37.4 Å². The first-order chi connectivity index (χ1) is 16.8. The average Bonchev–Trinajstić information content (AvgIpc) is 3.44. The molecule has 1 aromatic carbocycles. The number of hydrogen-bond acceptors (Lipinski definition) is 4. The number of fused-ring (bicyclic) bond motifs is 1. The molecule has 0 bridgehead atoms. The zero-order valence-corrected chi connectivity index (χ0v) is 21.8. The Labute approximate surface area is 216 Å². The van der Waals surface area contributed by atoms with Gasteiger partial charge >= 0.3 is 0 Å². The molecule has 0 unspecified atom stereocenters. The van der Waals surface area contributed by atoms with E-state index in [0.29, 0.717) is 47.8 Å². The summed E-state index contributed by atoms with van der Waals surface area (Å²) >= 11 is 12.3. The molecule has 0 saturated carbocycles. The summed E-state index contributed by atoms with van der Waals surface area (Å²) in [6.07, 6.45) is 4.48. The van der Waals surface area contributed by atoms with Crippen molar-refractivity contribution in [2.75, 3.05) is 26.2 Å². The van der Waals surface area contributed by atoms with Crippen molar-refractivity contribution in [1.29, 1.82) is 0 Å². The Morgan fingerprint density at radius 2 is 1.74 bits per heavy atom. The Morgan fingerprint density at radius 1 is 1.03 bits per heavy atom. The van der Waals surface area contributed by atoms with Gasteiger partial charge in [-0.2, -0.15) is 5.10 Å². The molecular weight excluding hydrogens is 487 g/mol. The molecule has 2 amide bonds. The van der Waals surface area contributed by atoms with E-state index in [0.717, 1.165) is 43.4 Å². The van der Waals surface area contributed by atoms with Crippen molar-refractivity contribution in [3.05, 3.63) is 50.8 Å². The van der Waals surface area contributed by atoms with Crippen molar-refractivity contribution < 1.29 is 14.3 Å². The number of morpholine rings is 1. The summed E-state index contributed by atoms with van der Waals surface area (Å²) in [4.78, 5) is 30.3. The first-order valence-corrected chi connectivity index (χ1v) is 13.3. The lowest BCUT2D eigenvalue weighted by Gasteiger charge is -2.35. The number of hydrogen-bond donors (Lipinski definition) is 0. The normalized spacial score (nSPS) is 23.0. The second-order valence-electron chi connectivity index (χ2n) is 10.1.